The molecule has 0 saturated carbocycles. The number of anilines is 1. The number of pyridine rings is 1. The Bertz CT molecular complexity index is 1890. The minimum absolute atomic E-state index is 0.00287. The molecule has 0 aliphatic heterocycles. The van der Waals surface area contributed by atoms with Crippen LogP contribution in [-0.2, 0) is 25.7 Å². The fourth-order valence-electron chi connectivity index (χ4n) is 5.73. The summed E-state index contributed by atoms with van der Waals surface area (Å²) in [6, 6.07) is 11.4. The average molecular weight is 718 g/mol. The number of hydrogen-bond donors (Lipinski definition) is 4. The number of aromatic nitrogens is 1. The maximum absolute atomic E-state index is 13.4. The van der Waals surface area contributed by atoms with Crippen LogP contribution < -0.4 is 10.5 Å². The molecular formula is C36H51N3O8S2. The van der Waals surface area contributed by atoms with Crippen molar-refractivity contribution in [1.29, 1.82) is 0 Å². The van der Waals surface area contributed by atoms with Crippen molar-refractivity contribution >= 4 is 48.6 Å². The van der Waals surface area contributed by atoms with Gasteiger partial charge in [-0.05, 0) is 67.3 Å². The van der Waals surface area contributed by atoms with Crippen molar-refractivity contribution in [2.24, 2.45) is 4.99 Å². The standard InChI is InChI=1S/C36H51N3O8S2/c1-5-7-9-11-22-39(23-12-10-8-6-2)28-17-18-30-32(26-28)38-35(41)31(34(30)40)19-20-33(37-21-14-24-48(42,43)44)36(3,4)27-15-13-16-29(25-27)49(45,46)47/h13,15-20,25-26H,5-12,14,21-24H2,1-4H3,(H2,38,40,41)(H,42,43,44)(H,45,46,47)/b20-19+,37-33?. The molecule has 13 heteroatoms. The first-order chi connectivity index (χ1) is 23.1. The lowest BCUT2D eigenvalue weighted by Crippen LogP contribution is -2.28. The van der Waals surface area contributed by atoms with E-state index in [1.165, 1.54) is 43.2 Å². The van der Waals surface area contributed by atoms with Gasteiger partial charge in [0, 0.05) is 41.8 Å². The molecule has 2 aromatic carbocycles. The van der Waals surface area contributed by atoms with Crippen LogP contribution >= 0.6 is 0 Å². The smallest absolute Gasteiger partial charge is 0.294 e. The summed E-state index contributed by atoms with van der Waals surface area (Å²) < 4.78 is 65.0. The van der Waals surface area contributed by atoms with Gasteiger partial charge in [0.15, 0.2) is 0 Å². The number of aliphatic imine (C=N–C) groups is 1. The molecule has 0 radical (unpaired) electrons. The van der Waals surface area contributed by atoms with Gasteiger partial charge in [0.05, 0.1) is 21.7 Å². The van der Waals surface area contributed by atoms with E-state index in [-0.39, 0.29) is 29.2 Å². The van der Waals surface area contributed by atoms with Crippen LogP contribution in [0.3, 0.4) is 0 Å². The molecule has 0 amide bonds. The zero-order valence-corrected chi connectivity index (χ0v) is 30.6. The molecule has 0 bridgehead atoms. The molecule has 0 saturated heterocycles. The molecule has 0 unspecified atom stereocenters. The fourth-order valence-corrected chi connectivity index (χ4v) is 6.75. The first-order valence-electron chi connectivity index (χ1n) is 17.0. The van der Waals surface area contributed by atoms with Gasteiger partial charge in [-0.15, -0.1) is 0 Å². The van der Waals surface area contributed by atoms with Crippen molar-refractivity contribution < 1.29 is 31.0 Å². The third kappa shape index (κ3) is 11.8. The topological polar surface area (TPSA) is 177 Å². The highest BCUT2D eigenvalue weighted by atomic mass is 32.2. The van der Waals surface area contributed by atoms with E-state index in [9.17, 15) is 31.3 Å². The van der Waals surface area contributed by atoms with E-state index in [1.807, 2.05) is 12.1 Å². The van der Waals surface area contributed by atoms with Crippen molar-refractivity contribution in [3.05, 3.63) is 70.0 Å². The molecule has 3 rings (SSSR count). The summed E-state index contributed by atoms with van der Waals surface area (Å²) in [4.78, 5) is 22.9. The van der Waals surface area contributed by atoms with Crippen LogP contribution in [0.15, 0.2) is 63.2 Å². The van der Waals surface area contributed by atoms with Crippen molar-refractivity contribution in [2.45, 2.75) is 95.8 Å². The highest BCUT2D eigenvalue weighted by Crippen LogP contribution is 2.32. The molecule has 1 aromatic heterocycles. The van der Waals surface area contributed by atoms with E-state index in [0.717, 1.165) is 57.3 Å². The van der Waals surface area contributed by atoms with Crippen LogP contribution in [0.1, 0.15) is 96.6 Å². The molecule has 0 atom stereocenters. The van der Waals surface area contributed by atoms with Gasteiger partial charge in [-0.25, -0.2) is 0 Å². The molecule has 49 heavy (non-hydrogen) atoms. The van der Waals surface area contributed by atoms with Gasteiger partial charge in [0.25, 0.3) is 25.8 Å². The Kier molecular flexibility index (Phi) is 14.6. The lowest BCUT2D eigenvalue weighted by Gasteiger charge is -2.26. The number of nitrogens with one attached hydrogen (secondary N) is 1. The second-order valence-electron chi connectivity index (χ2n) is 12.9. The minimum Gasteiger partial charge on any atom is -0.506 e. The SMILES string of the molecule is CCCCCCN(CCCCCC)c1ccc2c(O)c(/C=C/C(=NCCCS(=O)(=O)O)C(C)(C)c3cccc(S(=O)(=O)O)c3)c(=O)[nH]c2c1. The van der Waals surface area contributed by atoms with Gasteiger partial charge < -0.3 is 15.0 Å². The van der Waals surface area contributed by atoms with Crippen molar-refractivity contribution in [3.63, 3.8) is 0 Å². The van der Waals surface area contributed by atoms with Gasteiger partial charge in [0.2, 0.25) is 0 Å². The predicted octanol–water partition coefficient (Wildman–Crippen LogP) is 7.16. The Morgan fingerprint density at radius 2 is 1.55 bits per heavy atom. The molecule has 0 aliphatic carbocycles. The summed E-state index contributed by atoms with van der Waals surface area (Å²) in [5, 5.41) is 11.8. The van der Waals surface area contributed by atoms with Crippen LogP contribution in [0, 0.1) is 0 Å². The van der Waals surface area contributed by atoms with E-state index in [4.69, 9.17) is 4.55 Å². The number of fused-ring (bicyclic) bond motifs is 1. The fraction of sp³-hybridized carbons (Fsp3) is 0.500. The van der Waals surface area contributed by atoms with Crippen LogP contribution in [0.4, 0.5) is 5.69 Å². The Morgan fingerprint density at radius 1 is 0.898 bits per heavy atom. The zero-order valence-electron chi connectivity index (χ0n) is 29.0. The minimum atomic E-state index is -4.49. The first kappa shape index (κ1) is 39.9. The molecule has 3 aromatic rings. The lowest BCUT2D eigenvalue weighted by molar-refractivity contribution is 0.478. The summed E-state index contributed by atoms with van der Waals surface area (Å²) in [7, 11) is -8.70. The van der Waals surface area contributed by atoms with Gasteiger partial charge in [0.1, 0.15) is 5.75 Å². The summed E-state index contributed by atoms with van der Waals surface area (Å²) in [5.74, 6) is -0.718. The quantitative estimate of drug-likeness (QED) is 0.0537. The number of aromatic amines is 1. The molecule has 4 N–H and O–H groups in total. The predicted molar refractivity (Wildman–Crippen MR) is 198 cm³/mol. The molecule has 1 heterocycles. The summed E-state index contributed by atoms with van der Waals surface area (Å²) in [5.41, 5.74) is 0.765. The van der Waals surface area contributed by atoms with Crippen LogP contribution in [-0.4, -0.2) is 67.1 Å². The molecule has 270 valence electrons. The van der Waals surface area contributed by atoms with E-state index in [0.29, 0.717) is 22.2 Å². The van der Waals surface area contributed by atoms with Crippen LogP contribution in [0.2, 0.25) is 0 Å². The number of H-pyrrole nitrogens is 1. The maximum atomic E-state index is 13.4. The Labute approximate surface area is 290 Å². The highest BCUT2D eigenvalue weighted by Gasteiger charge is 2.27. The summed E-state index contributed by atoms with van der Waals surface area (Å²) >= 11 is 0. The number of nitrogens with zero attached hydrogens (tertiary/aromatic N) is 2. The lowest BCUT2D eigenvalue weighted by atomic mass is 9.79. The number of rotatable bonds is 20. The Balaban J connectivity index is 2.01. The summed E-state index contributed by atoms with van der Waals surface area (Å²) in [6.07, 6.45) is 12.1. The largest absolute Gasteiger partial charge is 0.506 e. The van der Waals surface area contributed by atoms with Crippen molar-refractivity contribution in [1.82, 2.24) is 4.98 Å². The number of allylic oxidation sites excluding steroid dienone is 1. The summed E-state index contributed by atoms with van der Waals surface area (Å²) in [6.45, 7) is 9.69. The molecular weight excluding hydrogens is 667 g/mol. The third-order valence-corrected chi connectivity index (χ3v) is 10.3. The average Bonchev–Trinajstić information content (AvgIpc) is 3.03. The first-order valence-corrected chi connectivity index (χ1v) is 20.0. The van der Waals surface area contributed by atoms with Gasteiger partial charge in [-0.1, -0.05) is 78.4 Å². The van der Waals surface area contributed by atoms with Crippen LogP contribution in [0.25, 0.3) is 17.0 Å². The van der Waals surface area contributed by atoms with Crippen LogP contribution in [0.5, 0.6) is 5.75 Å². The van der Waals surface area contributed by atoms with Crippen molar-refractivity contribution in [2.75, 3.05) is 30.3 Å². The monoisotopic (exact) mass is 717 g/mol. The number of hydrogen-bond acceptors (Lipinski definition) is 8. The molecule has 11 nitrogen and oxygen atoms in total. The van der Waals surface area contributed by atoms with E-state index < -0.39 is 37.0 Å². The van der Waals surface area contributed by atoms with Crippen molar-refractivity contribution in [3.8, 4) is 5.75 Å². The van der Waals surface area contributed by atoms with E-state index in [1.54, 1.807) is 26.0 Å². The Morgan fingerprint density at radius 3 is 2.14 bits per heavy atom. The Hall–Kier alpha value is -3.52. The highest BCUT2D eigenvalue weighted by molar-refractivity contribution is 7.86. The van der Waals surface area contributed by atoms with E-state index in [2.05, 4.69) is 28.7 Å². The van der Waals surface area contributed by atoms with Gasteiger partial charge in [-0.3, -0.25) is 18.9 Å². The third-order valence-electron chi connectivity index (χ3n) is 8.68. The normalized spacial score (nSPS) is 13.1. The van der Waals surface area contributed by atoms with Gasteiger partial charge in [-0.2, -0.15) is 16.8 Å². The number of unbranched alkanes of at least 4 members (excludes halogenated alkanes) is 6. The maximum Gasteiger partial charge on any atom is 0.294 e. The number of aromatic hydroxyl groups is 1. The molecule has 0 aliphatic rings. The second kappa shape index (κ2) is 17.9. The zero-order chi connectivity index (χ0) is 36.2. The molecule has 0 spiro atoms. The second-order valence-corrected chi connectivity index (χ2v) is 15.9. The number of benzene rings is 2. The van der Waals surface area contributed by atoms with Gasteiger partial charge >= 0.3 is 0 Å². The molecule has 0 fully saturated rings. The van der Waals surface area contributed by atoms with E-state index >= 15 is 0 Å².